The summed E-state index contributed by atoms with van der Waals surface area (Å²) in [5, 5.41) is 2.99. The lowest BCUT2D eigenvalue weighted by Crippen LogP contribution is -2.41. The first kappa shape index (κ1) is 10.8. The van der Waals surface area contributed by atoms with E-state index in [0.29, 0.717) is 0 Å². The molecule has 0 saturated heterocycles. The van der Waals surface area contributed by atoms with E-state index >= 15 is 0 Å². The van der Waals surface area contributed by atoms with E-state index < -0.39 is 12.6 Å². The highest BCUT2D eigenvalue weighted by atomic mass is 19.4. The highest BCUT2D eigenvalue weighted by Gasteiger charge is 2.31. The fourth-order valence-electron chi connectivity index (χ4n) is 1.84. The molecule has 0 radical (unpaired) electrons. The van der Waals surface area contributed by atoms with Crippen LogP contribution in [0.2, 0.25) is 0 Å². The molecule has 0 bridgehead atoms. The molecule has 1 N–H and O–H groups in total. The van der Waals surface area contributed by atoms with Gasteiger partial charge in [0, 0.05) is 12.1 Å². The van der Waals surface area contributed by atoms with Gasteiger partial charge in [-0.25, -0.2) is 0 Å². The number of halogens is 3. The Balaban J connectivity index is 2.18. The van der Waals surface area contributed by atoms with Crippen LogP contribution in [-0.4, -0.2) is 18.3 Å². The minimum Gasteiger partial charge on any atom is -0.311 e. The fourth-order valence-corrected chi connectivity index (χ4v) is 1.84. The molecule has 0 aromatic carbocycles. The van der Waals surface area contributed by atoms with Crippen molar-refractivity contribution in [2.75, 3.05) is 6.54 Å². The van der Waals surface area contributed by atoms with Gasteiger partial charge in [-0.3, -0.25) is 0 Å². The SMILES string of the molecule is CC1(NCCC(F)(F)F)CCCC1. The van der Waals surface area contributed by atoms with Crippen LogP contribution in [0.25, 0.3) is 0 Å². The zero-order chi connectivity index (χ0) is 9.95. The lowest BCUT2D eigenvalue weighted by molar-refractivity contribution is -0.134. The van der Waals surface area contributed by atoms with Crippen molar-refractivity contribution >= 4 is 0 Å². The van der Waals surface area contributed by atoms with Crippen LogP contribution < -0.4 is 5.32 Å². The minimum absolute atomic E-state index is 0.0365. The first-order valence-electron chi connectivity index (χ1n) is 4.73. The minimum atomic E-state index is -4.03. The quantitative estimate of drug-likeness (QED) is 0.730. The number of nitrogens with one attached hydrogen (secondary N) is 1. The van der Waals surface area contributed by atoms with E-state index in [4.69, 9.17) is 0 Å². The van der Waals surface area contributed by atoms with Crippen LogP contribution in [0.5, 0.6) is 0 Å². The summed E-state index contributed by atoms with van der Waals surface area (Å²) in [5.41, 5.74) is -0.0365. The van der Waals surface area contributed by atoms with E-state index in [-0.39, 0.29) is 12.1 Å². The molecule has 1 aliphatic carbocycles. The summed E-state index contributed by atoms with van der Waals surface area (Å²) in [6.07, 6.45) is -0.467. The summed E-state index contributed by atoms with van der Waals surface area (Å²) in [6.45, 7) is 2.07. The van der Waals surface area contributed by atoms with Crippen molar-refractivity contribution in [3.63, 3.8) is 0 Å². The lowest BCUT2D eigenvalue weighted by atomic mass is 10.0. The Morgan fingerprint density at radius 1 is 1.23 bits per heavy atom. The van der Waals surface area contributed by atoms with Gasteiger partial charge in [-0.2, -0.15) is 13.2 Å². The Labute approximate surface area is 76.7 Å². The van der Waals surface area contributed by atoms with Crippen LogP contribution in [0.4, 0.5) is 13.2 Å². The van der Waals surface area contributed by atoms with Crippen molar-refractivity contribution in [3.05, 3.63) is 0 Å². The maximum Gasteiger partial charge on any atom is 0.390 e. The van der Waals surface area contributed by atoms with Gasteiger partial charge in [-0.15, -0.1) is 0 Å². The maximum absolute atomic E-state index is 11.8. The molecule has 0 aromatic heterocycles. The average molecular weight is 195 g/mol. The van der Waals surface area contributed by atoms with Gasteiger partial charge >= 0.3 is 6.18 Å². The van der Waals surface area contributed by atoms with Crippen molar-refractivity contribution < 1.29 is 13.2 Å². The third kappa shape index (κ3) is 3.98. The van der Waals surface area contributed by atoms with Gasteiger partial charge in [-0.1, -0.05) is 12.8 Å². The molecule has 1 rings (SSSR count). The molecule has 0 aromatic rings. The molecule has 13 heavy (non-hydrogen) atoms. The normalized spacial score (nSPS) is 22.2. The summed E-state index contributed by atoms with van der Waals surface area (Å²) in [4.78, 5) is 0. The van der Waals surface area contributed by atoms with E-state index in [1.54, 1.807) is 0 Å². The summed E-state index contributed by atoms with van der Waals surface area (Å²) >= 11 is 0. The second kappa shape index (κ2) is 3.86. The standard InChI is InChI=1S/C9H16F3N/c1-8(4-2-3-5-8)13-7-6-9(10,11)12/h13H,2-7H2,1H3. The Bertz CT molecular complexity index is 159. The van der Waals surface area contributed by atoms with Crippen molar-refractivity contribution in [2.24, 2.45) is 0 Å². The Kier molecular flexibility index (Phi) is 3.22. The Morgan fingerprint density at radius 3 is 2.23 bits per heavy atom. The highest BCUT2D eigenvalue weighted by molar-refractivity contribution is 4.87. The van der Waals surface area contributed by atoms with Gasteiger partial charge in [0.15, 0.2) is 0 Å². The molecule has 0 unspecified atom stereocenters. The van der Waals surface area contributed by atoms with E-state index in [0.717, 1.165) is 25.7 Å². The summed E-state index contributed by atoms with van der Waals surface area (Å²) in [6, 6.07) is 0. The number of hydrogen-bond donors (Lipinski definition) is 1. The first-order chi connectivity index (χ1) is 5.91. The van der Waals surface area contributed by atoms with Crippen molar-refractivity contribution in [1.82, 2.24) is 5.32 Å². The van der Waals surface area contributed by atoms with Crippen LogP contribution in [0.15, 0.2) is 0 Å². The second-order valence-electron chi connectivity index (χ2n) is 4.06. The van der Waals surface area contributed by atoms with Gasteiger partial charge in [0.25, 0.3) is 0 Å². The van der Waals surface area contributed by atoms with E-state index in [1.165, 1.54) is 0 Å². The first-order valence-corrected chi connectivity index (χ1v) is 4.73. The molecule has 4 heteroatoms. The third-order valence-corrected chi connectivity index (χ3v) is 2.67. The van der Waals surface area contributed by atoms with Crippen molar-refractivity contribution in [3.8, 4) is 0 Å². The topological polar surface area (TPSA) is 12.0 Å². The van der Waals surface area contributed by atoms with Crippen LogP contribution in [0, 0.1) is 0 Å². The molecule has 0 aliphatic heterocycles. The molecular formula is C9H16F3N. The van der Waals surface area contributed by atoms with E-state index in [1.807, 2.05) is 6.92 Å². The zero-order valence-electron chi connectivity index (χ0n) is 7.88. The molecular weight excluding hydrogens is 179 g/mol. The summed E-state index contributed by atoms with van der Waals surface area (Å²) in [5.74, 6) is 0. The fraction of sp³-hybridized carbons (Fsp3) is 1.00. The van der Waals surface area contributed by atoms with Crippen LogP contribution in [0.3, 0.4) is 0 Å². The highest BCUT2D eigenvalue weighted by Crippen LogP contribution is 2.29. The van der Waals surface area contributed by atoms with Gasteiger partial charge in [0.2, 0.25) is 0 Å². The predicted octanol–water partition coefficient (Wildman–Crippen LogP) is 2.86. The monoisotopic (exact) mass is 195 g/mol. The van der Waals surface area contributed by atoms with Gasteiger partial charge in [0.1, 0.15) is 0 Å². The van der Waals surface area contributed by atoms with Crippen molar-refractivity contribution in [2.45, 2.75) is 50.7 Å². The number of rotatable bonds is 3. The lowest BCUT2D eigenvalue weighted by Gasteiger charge is -2.25. The van der Waals surface area contributed by atoms with E-state index in [9.17, 15) is 13.2 Å². The van der Waals surface area contributed by atoms with E-state index in [2.05, 4.69) is 5.32 Å². The van der Waals surface area contributed by atoms with Crippen LogP contribution in [-0.2, 0) is 0 Å². The molecule has 0 spiro atoms. The van der Waals surface area contributed by atoms with Crippen molar-refractivity contribution in [1.29, 1.82) is 0 Å². The molecule has 0 amide bonds. The molecule has 1 aliphatic rings. The second-order valence-corrected chi connectivity index (χ2v) is 4.06. The predicted molar refractivity (Wildman–Crippen MR) is 45.5 cm³/mol. The Morgan fingerprint density at radius 2 is 1.77 bits per heavy atom. The number of hydrogen-bond acceptors (Lipinski definition) is 1. The largest absolute Gasteiger partial charge is 0.390 e. The molecule has 1 fully saturated rings. The third-order valence-electron chi connectivity index (χ3n) is 2.67. The molecule has 1 saturated carbocycles. The summed E-state index contributed by atoms with van der Waals surface area (Å²) in [7, 11) is 0. The smallest absolute Gasteiger partial charge is 0.311 e. The van der Waals surface area contributed by atoms with Crippen LogP contribution in [0.1, 0.15) is 39.0 Å². The van der Waals surface area contributed by atoms with Crippen LogP contribution >= 0.6 is 0 Å². The molecule has 1 nitrogen and oxygen atoms in total. The van der Waals surface area contributed by atoms with Gasteiger partial charge < -0.3 is 5.32 Å². The molecule has 0 heterocycles. The van der Waals surface area contributed by atoms with Gasteiger partial charge in [-0.05, 0) is 19.8 Å². The average Bonchev–Trinajstić information content (AvgIpc) is 2.33. The molecule has 0 atom stereocenters. The van der Waals surface area contributed by atoms with Gasteiger partial charge in [0.05, 0.1) is 6.42 Å². The maximum atomic E-state index is 11.8. The number of alkyl halides is 3. The molecule has 78 valence electrons. The Hall–Kier alpha value is -0.250. The summed E-state index contributed by atoms with van der Waals surface area (Å²) < 4.78 is 35.4. The zero-order valence-corrected chi connectivity index (χ0v) is 7.88.